The standard InChI is InChI=1S/C22H28N6O2S/c1-16-19(8-24-26(16)3)9-27-11-21(30-14-18-4-6-23-7-5-18)12-28(22(29)13-27)10-20-15-31-17(2)25-20/h4-8,15,21H,9-14H2,1-3H3/t21-/m0/s1. The monoisotopic (exact) mass is 440 g/mol. The molecular weight excluding hydrogens is 412 g/mol. The lowest BCUT2D eigenvalue weighted by Crippen LogP contribution is -2.37. The van der Waals surface area contributed by atoms with Crippen molar-refractivity contribution in [1.29, 1.82) is 0 Å². The van der Waals surface area contributed by atoms with Gasteiger partial charge in [-0.1, -0.05) is 0 Å². The Morgan fingerprint density at radius 1 is 1.19 bits per heavy atom. The minimum absolute atomic E-state index is 0.0993. The Kier molecular flexibility index (Phi) is 6.74. The van der Waals surface area contributed by atoms with E-state index in [0.717, 1.165) is 27.5 Å². The van der Waals surface area contributed by atoms with E-state index in [1.807, 2.05) is 47.3 Å². The summed E-state index contributed by atoms with van der Waals surface area (Å²) in [4.78, 5) is 25.8. The molecule has 0 bridgehead atoms. The fraction of sp³-hybridized carbons (Fsp3) is 0.455. The Bertz CT molecular complexity index is 1020. The van der Waals surface area contributed by atoms with Crippen LogP contribution in [0, 0.1) is 13.8 Å². The van der Waals surface area contributed by atoms with E-state index in [0.29, 0.717) is 39.3 Å². The van der Waals surface area contributed by atoms with Crippen molar-refractivity contribution in [3.05, 3.63) is 63.6 Å². The third-order valence-corrected chi connectivity index (χ3v) is 6.41. The summed E-state index contributed by atoms with van der Waals surface area (Å²) in [6.07, 6.45) is 5.32. The Morgan fingerprint density at radius 3 is 2.68 bits per heavy atom. The van der Waals surface area contributed by atoms with Gasteiger partial charge in [0.05, 0.1) is 42.7 Å². The molecule has 1 amide bonds. The minimum atomic E-state index is -0.101. The van der Waals surface area contributed by atoms with E-state index >= 15 is 0 Å². The van der Waals surface area contributed by atoms with Gasteiger partial charge in [-0.05, 0) is 31.5 Å². The highest BCUT2D eigenvalue weighted by Gasteiger charge is 2.29. The molecule has 9 heteroatoms. The molecule has 4 rings (SSSR count). The van der Waals surface area contributed by atoms with Crippen molar-refractivity contribution in [2.45, 2.75) is 39.6 Å². The number of ether oxygens (including phenoxy) is 1. The number of aromatic nitrogens is 4. The van der Waals surface area contributed by atoms with Gasteiger partial charge in [0.1, 0.15) is 0 Å². The van der Waals surface area contributed by atoms with Crippen LogP contribution in [0.4, 0.5) is 0 Å². The molecule has 0 N–H and O–H groups in total. The molecule has 1 fully saturated rings. The van der Waals surface area contributed by atoms with Gasteiger partial charge >= 0.3 is 0 Å². The summed E-state index contributed by atoms with van der Waals surface area (Å²) in [7, 11) is 1.94. The normalized spacial score (nSPS) is 17.8. The van der Waals surface area contributed by atoms with E-state index in [1.165, 1.54) is 0 Å². The third-order valence-electron chi connectivity index (χ3n) is 5.58. The summed E-state index contributed by atoms with van der Waals surface area (Å²) in [5.74, 6) is 0.0993. The van der Waals surface area contributed by atoms with Crippen LogP contribution in [0.2, 0.25) is 0 Å². The predicted octanol–water partition coefficient (Wildman–Crippen LogP) is 2.32. The quantitative estimate of drug-likeness (QED) is 0.561. The molecule has 3 aromatic heterocycles. The summed E-state index contributed by atoms with van der Waals surface area (Å²) >= 11 is 1.61. The Hall–Kier alpha value is -2.62. The zero-order valence-electron chi connectivity index (χ0n) is 18.2. The molecule has 1 atom stereocenters. The second-order valence-corrected chi connectivity index (χ2v) is 9.03. The summed E-state index contributed by atoms with van der Waals surface area (Å²) in [5.41, 5.74) is 4.25. The number of amides is 1. The summed E-state index contributed by atoms with van der Waals surface area (Å²) < 4.78 is 8.14. The van der Waals surface area contributed by atoms with Gasteiger partial charge < -0.3 is 9.64 Å². The van der Waals surface area contributed by atoms with Crippen LogP contribution in [0.25, 0.3) is 0 Å². The van der Waals surface area contributed by atoms with Crippen LogP contribution in [0.1, 0.15) is 27.5 Å². The minimum Gasteiger partial charge on any atom is -0.370 e. The first-order valence-electron chi connectivity index (χ1n) is 10.4. The van der Waals surface area contributed by atoms with Gasteiger partial charge in [0.15, 0.2) is 0 Å². The molecule has 0 saturated carbocycles. The van der Waals surface area contributed by atoms with E-state index in [1.54, 1.807) is 23.7 Å². The molecule has 3 aromatic rings. The largest absolute Gasteiger partial charge is 0.370 e. The molecule has 1 aliphatic heterocycles. The van der Waals surface area contributed by atoms with Crippen LogP contribution in [-0.2, 0) is 36.3 Å². The molecule has 1 aliphatic rings. The molecule has 4 heterocycles. The van der Waals surface area contributed by atoms with Crippen LogP contribution in [-0.4, -0.2) is 61.2 Å². The SMILES string of the molecule is Cc1nc(CN2C[C@@H](OCc3ccncc3)CN(Cc3cnn(C)c3C)CC2=O)cs1. The number of thiazole rings is 1. The second kappa shape index (κ2) is 9.67. The zero-order valence-corrected chi connectivity index (χ0v) is 19.0. The lowest BCUT2D eigenvalue weighted by atomic mass is 10.2. The highest BCUT2D eigenvalue weighted by atomic mass is 32.1. The number of hydrogen-bond donors (Lipinski definition) is 0. The summed E-state index contributed by atoms with van der Waals surface area (Å²) in [6.45, 7) is 7.29. The van der Waals surface area contributed by atoms with Crippen molar-refractivity contribution in [3.8, 4) is 0 Å². The number of carbonyl (C=O) groups excluding carboxylic acids is 1. The fourth-order valence-electron chi connectivity index (χ4n) is 3.74. The molecule has 0 aliphatic carbocycles. The van der Waals surface area contributed by atoms with Gasteiger partial charge in [-0.2, -0.15) is 5.10 Å². The van der Waals surface area contributed by atoms with Crippen molar-refractivity contribution in [2.24, 2.45) is 7.05 Å². The molecule has 1 saturated heterocycles. The Labute approximate surface area is 186 Å². The van der Waals surface area contributed by atoms with Crippen LogP contribution in [0.5, 0.6) is 0 Å². The molecule has 8 nitrogen and oxygen atoms in total. The Morgan fingerprint density at radius 2 is 2.00 bits per heavy atom. The molecule has 164 valence electrons. The van der Waals surface area contributed by atoms with Crippen molar-refractivity contribution in [3.63, 3.8) is 0 Å². The van der Waals surface area contributed by atoms with Crippen LogP contribution < -0.4 is 0 Å². The summed E-state index contributed by atoms with van der Waals surface area (Å²) in [6, 6.07) is 3.91. The van der Waals surface area contributed by atoms with Crippen molar-refractivity contribution in [1.82, 2.24) is 29.5 Å². The van der Waals surface area contributed by atoms with Gasteiger partial charge in [0.25, 0.3) is 0 Å². The maximum atomic E-state index is 13.1. The molecule has 0 spiro atoms. The van der Waals surface area contributed by atoms with Gasteiger partial charge in [-0.15, -0.1) is 11.3 Å². The maximum Gasteiger partial charge on any atom is 0.237 e. The van der Waals surface area contributed by atoms with Gasteiger partial charge in [-0.25, -0.2) is 4.98 Å². The fourth-order valence-corrected chi connectivity index (χ4v) is 4.34. The maximum absolute atomic E-state index is 13.1. The topological polar surface area (TPSA) is 76.4 Å². The lowest BCUT2D eigenvalue weighted by Gasteiger charge is -2.24. The van der Waals surface area contributed by atoms with Crippen molar-refractivity contribution in [2.75, 3.05) is 19.6 Å². The van der Waals surface area contributed by atoms with Crippen LogP contribution >= 0.6 is 11.3 Å². The number of pyridine rings is 1. The number of rotatable bonds is 7. The third kappa shape index (κ3) is 5.55. The molecule has 0 unspecified atom stereocenters. The number of nitrogens with zero attached hydrogens (tertiary/aromatic N) is 6. The van der Waals surface area contributed by atoms with E-state index < -0.39 is 0 Å². The highest BCUT2D eigenvalue weighted by Crippen LogP contribution is 2.18. The molecule has 31 heavy (non-hydrogen) atoms. The van der Waals surface area contributed by atoms with Gasteiger partial charge in [-0.3, -0.25) is 19.4 Å². The average Bonchev–Trinajstić information content (AvgIpc) is 3.26. The first-order valence-corrected chi connectivity index (χ1v) is 11.2. The van der Waals surface area contributed by atoms with E-state index in [-0.39, 0.29) is 12.0 Å². The smallest absolute Gasteiger partial charge is 0.237 e. The van der Waals surface area contributed by atoms with E-state index in [4.69, 9.17) is 4.74 Å². The predicted molar refractivity (Wildman–Crippen MR) is 118 cm³/mol. The van der Waals surface area contributed by atoms with Crippen molar-refractivity contribution < 1.29 is 9.53 Å². The Balaban J connectivity index is 1.49. The number of carbonyl (C=O) groups is 1. The average molecular weight is 441 g/mol. The molecular formula is C22H28N6O2S. The van der Waals surface area contributed by atoms with E-state index in [2.05, 4.69) is 26.9 Å². The second-order valence-electron chi connectivity index (χ2n) is 7.97. The molecule has 0 radical (unpaired) electrons. The highest BCUT2D eigenvalue weighted by molar-refractivity contribution is 7.09. The lowest BCUT2D eigenvalue weighted by molar-refractivity contribution is -0.132. The van der Waals surface area contributed by atoms with Gasteiger partial charge in [0.2, 0.25) is 5.91 Å². The van der Waals surface area contributed by atoms with Crippen LogP contribution in [0.3, 0.4) is 0 Å². The first kappa shape index (κ1) is 21.6. The van der Waals surface area contributed by atoms with Gasteiger partial charge in [0, 0.05) is 55.7 Å². The van der Waals surface area contributed by atoms with Crippen LogP contribution in [0.15, 0.2) is 36.1 Å². The molecule has 0 aromatic carbocycles. The summed E-state index contributed by atoms with van der Waals surface area (Å²) in [5, 5.41) is 7.38. The first-order chi connectivity index (χ1) is 15.0. The van der Waals surface area contributed by atoms with Crippen molar-refractivity contribution >= 4 is 17.2 Å². The number of hydrogen-bond acceptors (Lipinski definition) is 7. The number of aryl methyl sites for hydroxylation is 2. The zero-order chi connectivity index (χ0) is 21.8. The van der Waals surface area contributed by atoms with E-state index in [9.17, 15) is 4.79 Å².